The molecule has 2 nitrogen and oxygen atoms in total. The molecule has 2 aliphatic carbocycles. The fourth-order valence-electron chi connectivity index (χ4n) is 5.16. The molecule has 0 N–H and O–H groups in total. The highest BCUT2D eigenvalue weighted by atomic mass is 16.1. The zero-order valence-corrected chi connectivity index (χ0v) is 14.5. The lowest BCUT2D eigenvalue weighted by Crippen LogP contribution is -2.49. The highest BCUT2D eigenvalue weighted by Gasteiger charge is 2.55. The van der Waals surface area contributed by atoms with E-state index < -0.39 is 5.41 Å². The van der Waals surface area contributed by atoms with E-state index in [1.54, 1.807) is 0 Å². The number of rotatable bonds is 2. The number of hydrogen-bond donors (Lipinski definition) is 0. The van der Waals surface area contributed by atoms with Crippen molar-refractivity contribution in [3.63, 3.8) is 0 Å². The van der Waals surface area contributed by atoms with Crippen molar-refractivity contribution in [2.75, 3.05) is 0 Å². The van der Waals surface area contributed by atoms with Gasteiger partial charge in [-0.05, 0) is 24.0 Å². The second kappa shape index (κ2) is 6.59. The van der Waals surface area contributed by atoms with Crippen LogP contribution in [0.25, 0.3) is 0 Å². The van der Waals surface area contributed by atoms with Crippen molar-refractivity contribution in [2.45, 2.75) is 50.4 Å². The topological polar surface area (TPSA) is 34.1 Å². The number of benzene rings is 2. The second-order valence-electron chi connectivity index (χ2n) is 7.54. The minimum atomic E-state index is -0.422. The molecule has 1 spiro atoms. The van der Waals surface area contributed by atoms with Crippen molar-refractivity contribution in [3.8, 4) is 0 Å². The Morgan fingerprint density at radius 1 is 0.720 bits per heavy atom. The second-order valence-corrected chi connectivity index (χ2v) is 7.54. The van der Waals surface area contributed by atoms with Gasteiger partial charge < -0.3 is 0 Å². The van der Waals surface area contributed by atoms with Crippen molar-refractivity contribution in [2.24, 2.45) is 5.41 Å². The lowest BCUT2D eigenvalue weighted by molar-refractivity contribution is -0.140. The van der Waals surface area contributed by atoms with Crippen LogP contribution in [0.2, 0.25) is 0 Å². The zero-order valence-electron chi connectivity index (χ0n) is 14.5. The molecule has 0 bridgehead atoms. The third kappa shape index (κ3) is 2.74. The molecular weight excluding hydrogens is 308 g/mol. The summed E-state index contributed by atoms with van der Waals surface area (Å²) < 4.78 is 0. The van der Waals surface area contributed by atoms with E-state index >= 15 is 0 Å². The summed E-state index contributed by atoms with van der Waals surface area (Å²) in [4.78, 5) is 26.0. The van der Waals surface area contributed by atoms with Gasteiger partial charge in [0.2, 0.25) is 0 Å². The van der Waals surface area contributed by atoms with E-state index in [0.717, 1.165) is 30.4 Å². The summed E-state index contributed by atoms with van der Waals surface area (Å²) in [6.07, 6.45) is 4.61. The van der Waals surface area contributed by atoms with Gasteiger partial charge in [-0.1, -0.05) is 67.1 Å². The molecule has 2 unspecified atom stereocenters. The average molecular weight is 332 g/mol. The van der Waals surface area contributed by atoms with Gasteiger partial charge >= 0.3 is 0 Å². The van der Waals surface area contributed by atoms with Gasteiger partial charge in [-0.15, -0.1) is 0 Å². The van der Waals surface area contributed by atoms with Crippen molar-refractivity contribution in [1.29, 1.82) is 0 Å². The van der Waals surface area contributed by atoms with Crippen LogP contribution in [0.3, 0.4) is 0 Å². The average Bonchev–Trinajstić information content (AvgIpc) is 2.67. The molecule has 0 heterocycles. The van der Waals surface area contributed by atoms with Crippen LogP contribution in [0.1, 0.15) is 61.5 Å². The lowest BCUT2D eigenvalue weighted by Gasteiger charge is -2.50. The molecule has 2 heteroatoms. The summed E-state index contributed by atoms with van der Waals surface area (Å²) in [5.74, 6) is 0.668. The Morgan fingerprint density at radius 2 is 1.24 bits per heavy atom. The number of Topliss-reactive ketones (excluding diaryl/α,β-unsaturated/α-hetero) is 2. The Bertz CT molecular complexity index is 712. The molecule has 0 aliphatic heterocycles. The summed E-state index contributed by atoms with van der Waals surface area (Å²) in [7, 11) is 0. The third-order valence-electron chi connectivity index (χ3n) is 6.27. The summed E-state index contributed by atoms with van der Waals surface area (Å²) >= 11 is 0. The predicted octanol–water partition coefficient (Wildman–Crippen LogP) is 5.05. The van der Waals surface area contributed by atoms with Crippen LogP contribution >= 0.6 is 0 Å². The van der Waals surface area contributed by atoms with E-state index in [9.17, 15) is 9.59 Å². The first kappa shape index (κ1) is 16.3. The molecule has 2 aromatic rings. The Kier molecular flexibility index (Phi) is 4.29. The molecule has 128 valence electrons. The van der Waals surface area contributed by atoms with Crippen LogP contribution < -0.4 is 0 Å². The van der Waals surface area contributed by atoms with E-state index in [1.807, 2.05) is 36.4 Å². The van der Waals surface area contributed by atoms with Gasteiger partial charge in [0, 0.05) is 36.5 Å². The van der Waals surface area contributed by atoms with Gasteiger partial charge in [-0.25, -0.2) is 0 Å². The predicted molar refractivity (Wildman–Crippen MR) is 98.5 cm³/mol. The maximum absolute atomic E-state index is 13.3. The van der Waals surface area contributed by atoms with Gasteiger partial charge in [0.1, 0.15) is 11.6 Å². The normalized spacial score (nSPS) is 29.8. The number of ketones is 2. The fraction of sp³-hybridized carbons (Fsp3) is 0.391. The van der Waals surface area contributed by atoms with Gasteiger partial charge in [0.15, 0.2) is 0 Å². The molecule has 0 radical (unpaired) electrons. The summed E-state index contributed by atoms with van der Waals surface area (Å²) in [6.45, 7) is 0. The van der Waals surface area contributed by atoms with E-state index in [4.69, 9.17) is 0 Å². The first-order valence-corrected chi connectivity index (χ1v) is 9.37. The molecule has 2 atom stereocenters. The molecule has 0 aromatic heterocycles. The monoisotopic (exact) mass is 332 g/mol. The molecule has 25 heavy (non-hydrogen) atoms. The molecule has 0 amide bonds. The molecule has 2 aromatic carbocycles. The Labute approximate surface area is 149 Å². The van der Waals surface area contributed by atoms with Crippen LogP contribution in [0.5, 0.6) is 0 Å². The van der Waals surface area contributed by atoms with Crippen molar-refractivity contribution in [1.82, 2.24) is 0 Å². The molecular formula is C23H24O2. The van der Waals surface area contributed by atoms with E-state index in [0.29, 0.717) is 25.0 Å². The Morgan fingerprint density at radius 3 is 1.72 bits per heavy atom. The van der Waals surface area contributed by atoms with Crippen LogP contribution in [-0.2, 0) is 9.59 Å². The van der Waals surface area contributed by atoms with Gasteiger partial charge in [-0.3, -0.25) is 9.59 Å². The highest BCUT2D eigenvalue weighted by Crippen LogP contribution is 2.59. The third-order valence-corrected chi connectivity index (χ3v) is 6.27. The number of carbonyl (C=O) groups excluding carboxylic acids is 2. The van der Waals surface area contributed by atoms with Crippen molar-refractivity contribution in [3.05, 3.63) is 71.8 Å². The number of carbonyl (C=O) groups is 2. The minimum absolute atomic E-state index is 0.00737. The maximum Gasteiger partial charge on any atom is 0.140 e. The minimum Gasteiger partial charge on any atom is -0.300 e. The molecule has 4 rings (SSSR count). The summed E-state index contributed by atoms with van der Waals surface area (Å²) in [5, 5.41) is 0. The van der Waals surface area contributed by atoms with Crippen molar-refractivity contribution >= 4 is 11.6 Å². The molecule has 2 aliphatic rings. The van der Waals surface area contributed by atoms with E-state index in [1.165, 1.54) is 0 Å². The molecule has 2 saturated carbocycles. The van der Waals surface area contributed by atoms with Crippen LogP contribution in [0.4, 0.5) is 0 Å². The van der Waals surface area contributed by atoms with Crippen LogP contribution in [0, 0.1) is 5.41 Å². The smallest absolute Gasteiger partial charge is 0.140 e. The quantitative estimate of drug-likeness (QED) is 0.771. The first-order chi connectivity index (χ1) is 12.2. The van der Waals surface area contributed by atoms with E-state index in [-0.39, 0.29) is 17.6 Å². The van der Waals surface area contributed by atoms with Crippen molar-refractivity contribution < 1.29 is 9.59 Å². The standard InChI is InChI=1S/C23H24O2/c24-19-15-20(17-9-3-1-4-10-17)23(14-8-7-13-22(23)25)21(16-19)18-11-5-2-6-12-18/h1-6,9-12,20-21H,7-8,13-16H2. The van der Waals surface area contributed by atoms with E-state index in [2.05, 4.69) is 24.3 Å². The van der Waals surface area contributed by atoms with Crippen LogP contribution in [0.15, 0.2) is 60.7 Å². The largest absolute Gasteiger partial charge is 0.300 e. The SMILES string of the molecule is O=C1CC(c2ccccc2)C2(CCCCC2=O)C(c2ccccc2)C1. The molecule has 0 saturated heterocycles. The fourth-order valence-corrected chi connectivity index (χ4v) is 5.16. The molecule has 2 fully saturated rings. The first-order valence-electron chi connectivity index (χ1n) is 9.37. The van der Waals surface area contributed by atoms with Gasteiger partial charge in [0.05, 0.1) is 0 Å². The Balaban J connectivity index is 1.87. The lowest BCUT2D eigenvalue weighted by atomic mass is 9.51. The van der Waals surface area contributed by atoms with Gasteiger partial charge in [0.25, 0.3) is 0 Å². The zero-order chi connectivity index (χ0) is 17.3. The summed E-state index contributed by atoms with van der Waals surface area (Å²) in [5.41, 5.74) is 1.87. The van der Waals surface area contributed by atoms with Crippen LogP contribution in [-0.4, -0.2) is 11.6 Å². The Hall–Kier alpha value is -2.22. The number of hydrogen-bond acceptors (Lipinski definition) is 2. The summed E-state index contributed by atoms with van der Waals surface area (Å²) in [6, 6.07) is 20.4. The van der Waals surface area contributed by atoms with Gasteiger partial charge in [-0.2, -0.15) is 0 Å². The highest BCUT2D eigenvalue weighted by molar-refractivity contribution is 5.92. The maximum atomic E-state index is 13.3.